The quantitative estimate of drug-likeness (QED) is 0.427. The highest BCUT2D eigenvalue weighted by Gasteiger charge is 2.73. The van der Waals surface area contributed by atoms with Crippen LogP contribution in [0.3, 0.4) is 0 Å². The molecule has 0 aromatic carbocycles. The number of allylic oxidation sites excluding steroid dienone is 2. The Kier molecular flexibility index (Phi) is 6.85. The van der Waals surface area contributed by atoms with Crippen molar-refractivity contribution in [1.29, 1.82) is 0 Å². The van der Waals surface area contributed by atoms with Crippen LogP contribution in [0, 0.1) is 45.3 Å². The van der Waals surface area contributed by atoms with Gasteiger partial charge < -0.3 is 9.84 Å². The molecule has 0 amide bonds. The van der Waals surface area contributed by atoms with Gasteiger partial charge >= 0.3 is 0 Å². The molecule has 1 heterocycles. The summed E-state index contributed by atoms with van der Waals surface area (Å²) in [6, 6.07) is 0. The highest BCUT2D eigenvalue weighted by molar-refractivity contribution is 5.91. The second-order valence-electron chi connectivity index (χ2n) is 14.5. The summed E-state index contributed by atoms with van der Waals surface area (Å²) in [4.78, 5) is 40.5. The van der Waals surface area contributed by atoms with Crippen molar-refractivity contribution < 1.29 is 24.2 Å². The lowest BCUT2D eigenvalue weighted by Gasteiger charge is -2.64. The first-order valence-electron chi connectivity index (χ1n) is 14.6. The fraction of sp³-hybridized carbons (Fsp3) is 0.844. The van der Waals surface area contributed by atoms with Gasteiger partial charge in [-0.15, -0.1) is 0 Å². The van der Waals surface area contributed by atoms with Gasteiger partial charge in [-0.25, -0.2) is 0 Å². The molecule has 5 rings (SSSR count). The molecule has 5 nitrogen and oxygen atoms in total. The van der Waals surface area contributed by atoms with Gasteiger partial charge in [-0.05, 0) is 54.8 Å². The molecule has 4 aliphatic carbocycles. The van der Waals surface area contributed by atoms with Crippen molar-refractivity contribution in [3.05, 3.63) is 11.6 Å². The van der Waals surface area contributed by atoms with Gasteiger partial charge in [0.1, 0.15) is 17.3 Å². The molecule has 37 heavy (non-hydrogen) atoms. The third-order valence-corrected chi connectivity index (χ3v) is 11.8. The van der Waals surface area contributed by atoms with Gasteiger partial charge in [0.05, 0.1) is 17.8 Å². The number of Topliss-reactive ketones (excluding diaryl/α,β-unsaturated/α-hetero) is 3. The van der Waals surface area contributed by atoms with E-state index in [0.29, 0.717) is 19.3 Å². The number of rotatable bonds is 1. The van der Waals surface area contributed by atoms with E-state index in [9.17, 15) is 19.5 Å². The van der Waals surface area contributed by atoms with Crippen LogP contribution in [0.4, 0.5) is 0 Å². The Morgan fingerprint density at radius 3 is 2.19 bits per heavy atom. The van der Waals surface area contributed by atoms with Crippen LogP contribution < -0.4 is 0 Å². The van der Waals surface area contributed by atoms with E-state index in [1.165, 1.54) is 5.57 Å². The van der Waals surface area contributed by atoms with E-state index in [1.807, 2.05) is 20.8 Å². The van der Waals surface area contributed by atoms with Crippen molar-refractivity contribution >= 4 is 17.3 Å². The summed E-state index contributed by atoms with van der Waals surface area (Å²) >= 11 is 0. The molecule has 3 saturated carbocycles. The topological polar surface area (TPSA) is 80.7 Å². The number of ether oxygens (including phenoxy) is 1. The first kappa shape index (κ1) is 28.7. The van der Waals surface area contributed by atoms with Crippen LogP contribution >= 0.6 is 0 Å². The van der Waals surface area contributed by atoms with Crippen molar-refractivity contribution in [1.82, 2.24) is 0 Å². The van der Waals surface area contributed by atoms with E-state index in [0.717, 1.165) is 12.8 Å². The summed E-state index contributed by atoms with van der Waals surface area (Å²) in [6.45, 7) is 20.4. The van der Waals surface area contributed by atoms with Crippen molar-refractivity contribution in [2.24, 2.45) is 45.3 Å². The van der Waals surface area contributed by atoms with E-state index < -0.39 is 17.1 Å². The zero-order valence-electron chi connectivity index (χ0n) is 24.9. The number of hydrogen-bond donors (Lipinski definition) is 1. The maximum Gasteiger partial charge on any atom is 0.140 e. The third-order valence-electron chi connectivity index (χ3n) is 11.8. The molecular weight excluding hydrogens is 464 g/mol. The van der Waals surface area contributed by atoms with Gasteiger partial charge in [0.2, 0.25) is 0 Å². The standard InChI is InChI=1S/C30H44O5.C2H6/c1-16-20(32)12-24(27(4,5)34)35-21-14-28(6)22-10-9-18-19(11-17(31)13-26(18,2)3)30(22,8)23(33)15-29(28,7)25(16)21;1-2/h9,16,19,21-22,24-25,34H,10-15H2,1-8H3;1-2H3. The predicted molar refractivity (Wildman–Crippen MR) is 145 cm³/mol. The largest absolute Gasteiger partial charge is 0.388 e. The van der Waals surface area contributed by atoms with Gasteiger partial charge in [-0.1, -0.05) is 67.0 Å². The number of aliphatic hydroxyl groups is 1. The van der Waals surface area contributed by atoms with Gasteiger partial charge in [-0.3, -0.25) is 14.4 Å². The molecule has 9 unspecified atom stereocenters. The molecule has 1 aliphatic heterocycles. The van der Waals surface area contributed by atoms with Crippen LogP contribution in [0.5, 0.6) is 0 Å². The third kappa shape index (κ3) is 3.88. The number of ketones is 3. The second-order valence-corrected chi connectivity index (χ2v) is 14.5. The fourth-order valence-corrected chi connectivity index (χ4v) is 9.68. The predicted octanol–water partition coefficient (Wildman–Crippen LogP) is 6.11. The summed E-state index contributed by atoms with van der Waals surface area (Å²) in [6.07, 6.45) is 4.89. The number of hydrogen-bond acceptors (Lipinski definition) is 5. The molecule has 5 heteroatoms. The van der Waals surface area contributed by atoms with Crippen LogP contribution in [-0.4, -0.2) is 40.3 Å². The monoisotopic (exact) mass is 514 g/mol. The zero-order chi connectivity index (χ0) is 27.9. The lowest BCUT2D eigenvalue weighted by atomic mass is 9.38. The highest BCUT2D eigenvalue weighted by atomic mass is 16.5. The molecule has 0 aromatic rings. The van der Waals surface area contributed by atoms with Crippen molar-refractivity contribution in [3.8, 4) is 0 Å². The van der Waals surface area contributed by atoms with E-state index in [2.05, 4.69) is 40.7 Å². The summed E-state index contributed by atoms with van der Waals surface area (Å²) in [5.41, 5.74) is -1.19. The SMILES string of the molecule is CC.CC1C(=O)CC(C(C)(C)O)OC2CC3(C)C4CC=C5C(CC(=O)CC5(C)C)C4(C)C(=O)CC3(C)C21. The Bertz CT molecular complexity index is 1020. The van der Waals surface area contributed by atoms with E-state index in [-0.39, 0.29) is 69.8 Å². The fourth-order valence-electron chi connectivity index (χ4n) is 9.68. The average Bonchev–Trinajstić information content (AvgIpc) is 2.90. The molecule has 0 spiro atoms. The van der Waals surface area contributed by atoms with Crippen LogP contribution in [0.2, 0.25) is 0 Å². The normalized spacial score (nSPS) is 46.9. The minimum atomic E-state index is -1.11. The smallest absolute Gasteiger partial charge is 0.140 e. The minimum Gasteiger partial charge on any atom is -0.388 e. The first-order chi connectivity index (χ1) is 17.0. The minimum absolute atomic E-state index is 0.0409. The summed E-state index contributed by atoms with van der Waals surface area (Å²) in [5.74, 6) is 0.416. The molecule has 5 aliphatic rings. The maximum atomic E-state index is 14.3. The van der Waals surface area contributed by atoms with Crippen LogP contribution in [0.15, 0.2) is 11.6 Å². The second kappa shape index (κ2) is 8.84. The number of fused-ring (bicyclic) bond motifs is 7. The maximum absolute atomic E-state index is 14.3. The van der Waals surface area contributed by atoms with Crippen LogP contribution in [0.1, 0.15) is 108 Å². The lowest BCUT2D eigenvalue weighted by molar-refractivity contribution is -0.171. The Hall–Kier alpha value is -1.33. The molecule has 0 radical (unpaired) electrons. The van der Waals surface area contributed by atoms with E-state index in [4.69, 9.17) is 4.74 Å². The zero-order valence-corrected chi connectivity index (χ0v) is 24.9. The summed E-state index contributed by atoms with van der Waals surface area (Å²) < 4.78 is 6.62. The number of carbonyl (C=O) groups excluding carboxylic acids is 3. The highest BCUT2D eigenvalue weighted by Crippen LogP contribution is 2.74. The van der Waals surface area contributed by atoms with Crippen molar-refractivity contribution in [2.75, 3.05) is 0 Å². The molecule has 4 fully saturated rings. The van der Waals surface area contributed by atoms with E-state index in [1.54, 1.807) is 13.8 Å². The molecule has 1 saturated heterocycles. The molecule has 208 valence electrons. The molecule has 1 N–H and O–H groups in total. The molecular formula is C32H50O5. The van der Waals surface area contributed by atoms with E-state index >= 15 is 0 Å². The van der Waals surface area contributed by atoms with Gasteiger partial charge in [0.25, 0.3) is 0 Å². The van der Waals surface area contributed by atoms with Crippen molar-refractivity contribution in [3.63, 3.8) is 0 Å². The Labute approximate surface area is 224 Å². The number of carbonyl (C=O) groups is 3. The van der Waals surface area contributed by atoms with Crippen LogP contribution in [-0.2, 0) is 19.1 Å². The molecule has 9 atom stereocenters. The van der Waals surface area contributed by atoms with Gasteiger partial charge in [0, 0.05) is 42.9 Å². The molecule has 0 aromatic heterocycles. The van der Waals surface area contributed by atoms with Gasteiger partial charge in [-0.2, -0.15) is 0 Å². The summed E-state index contributed by atoms with van der Waals surface area (Å²) in [5, 5.41) is 10.8. The first-order valence-corrected chi connectivity index (χ1v) is 14.6. The Morgan fingerprint density at radius 2 is 1.59 bits per heavy atom. The lowest BCUT2D eigenvalue weighted by Crippen LogP contribution is -2.63. The van der Waals surface area contributed by atoms with Gasteiger partial charge in [0.15, 0.2) is 0 Å². The summed E-state index contributed by atoms with van der Waals surface area (Å²) in [7, 11) is 0. The Balaban J connectivity index is 0.00000156. The average molecular weight is 515 g/mol. The molecule has 0 bridgehead atoms. The van der Waals surface area contributed by atoms with Crippen molar-refractivity contribution in [2.45, 2.75) is 126 Å². The van der Waals surface area contributed by atoms with Crippen LogP contribution in [0.25, 0.3) is 0 Å². The Morgan fingerprint density at radius 1 is 0.973 bits per heavy atom.